The lowest BCUT2D eigenvalue weighted by atomic mass is 9.96. The van der Waals surface area contributed by atoms with Crippen LogP contribution < -0.4 is 5.32 Å². The summed E-state index contributed by atoms with van der Waals surface area (Å²) in [5.41, 5.74) is 0. The summed E-state index contributed by atoms with van der Waals surface area (Å²) in [6.07, 6.45) is -2.10. The lowest BCUT2D eigenvalue weighted by Gasteiger charge is -2.22. The molecule has 2 amide bonds. The molecule has 122 valence electrons. The molecule has 5 nitrogen and oxygen atoms in total. The van der Waals surface area contributed by atoms with Crippen molar-refractivity contribution in [3.8, 4) is 0 Å². The van der Waals surface area contributed by atoms with E-state index in [0.29, 0.717) is 12.2 Å². The van der Waals surface area contributed by atoms with E-state index in [1.807, 2.05) is 13.2 Å². The lowest BCUT2D eigenvalue weighted by Crippen LogP contribution is -2.45. The first kappa shape index (κ1) is 17.9. The van der Waals surface area contributed by atoms with E-state index in [4.69, 9.17) is 5.11 Å². The molecule has 0 spiro atoms. The summed E-state index contributed by atoms with van der Waals surface area (Å²) in [6.45, 7) is 0.840. The van der Waals surface area contributed by atoms with Gasteiger partial charge in [0.2, 0.25) is 0 Å². The van der Waals surface area contributed by atoms with E-state index in [1.54, 1.807) is 0 Å². The molecule has 0 aromatic rings. The Kier molecular flexibility index (Phi) is 6.18. The average Bonchev–Trinajstić information content (AvgIpc) is 2.83. The molecule has 1 aliphatic heterocycles. The van der Waals surface area contributed by atoms with Crippen LogP contribution in [0.25, 0.3) is 0 Å². The SMILES string of the molecule is CCC(CSC)NC(=O)N1C[C@@H](C(F)(F)F)[C@H](C(=O)O)C1. The Morgan fingerprint density at radius 3 is 2.43 bits per heavy atom. The van der Waals surface area contributed by atoms with Crippen LogP contribution in [0.3, 0.4) is 0 Å². The minimum atomic E-state index is -4.62. The summed E-state index contributed by atoms with van der Waals surface area (Å²) >= 11 is 1.52. The first-order valence-electron chi connectivity index (χ1n) is 6.54. The molecule has 1 fully saturated rings. The minimum absolute atomic E-state index is 0.138. The summed E-state index contributed by atoms with van der Waals surface area (Å²) in [6, 6.07) is -0.769. The molecular weight excluding hydrogens is 309 g/mol. The monoisotopic (exact) mass is 328 g/mol. The number of alkyl halides is 3. The molecular formula is C12H19F3N2O3S. The van der Waals surface area contributed by atoms with E-state index < -0.39 is 43.1 Å². The fraction of sp³-hybridized carbons (Fsp3) is 0.833. The number of carbonyl (C=O) groups excluding carboxylic acids is 1. The van der Waals surface area contributed by atoms with Crippen LogP contribution in [0, 0.1) is 11.8 Å². The van der Waals surface area contributed by atoms with Crippen molar-refractivity contribution in [1.82, 2.24) is 10.2 Å². The van der Waals surface area contributed by atoms with Gasteiger partial charge in [0.15, 0.2) is 0 Å². The van der Waals surface area contributed by atoms with Gasteiger partial charge in [0, 0.05) is 24.9 Å². The van der Waals surface area contributed by atoms with Gasteiger partial charge >= 0.3 is 18.2 Å². The highest BCUT2D eigenvalue weighted by atomic mass is 32.2. The molecule has 1 rings (SSSR count). The summed E-state index contributed by atoms with van der Waals surface area (Å²) in [4.78, 5) is 23.9. The largest absolute Gasteiger partial charge is 0.481 e. The Morgan fingerprint density at radius 2 is 2.05 bits per heavy atom. The second kappa shape index (κ2) is 7.24. The number of aliphatic carboxylic acids is 1. The van der Waals surface area contributed by atoms with Gasteiger partial charge in [0.25, 0.3) is 0 Å². The molecule has 1 saturated heterocycles. The maximum absolute atomic E-state index is 12.8. The van der Waals surface area contributed by atoms with E-state index in [9.17, 15) is 22.8 Å². The molecule has 0 aliphatic carbocycles. The maximum atomic E-state index is 12.8. The number of carbonyl (C=O) groups is 2. The van der Waals surface area contributed by atoms with Crippen LogP contribution >= 0.6 is 11.8 Å². The van der Waals surface area contributed by atoms with Gasteiger partial charge < -0.3 is 15.3 Å². The molecule has 9 heteroatoms. The summed E-state index contributed by atoms with van der Waals surface area (Å²) in [5, 5.41) is 11.5. The van der Waals surface area contributed by atoms with Crippen molar-refractivity contribution in [3.05, 3.63) is 0 Å². The lowest BCUT2D eigenvalue weighted by molar-refractivity contribution is -0.187. The zero-order valence-corrected chi connectivity index (χ0v) is 12.6. The Morgan fingerprint density at radius 1 is 1.43 bits per heavy atom. The van der Waals surface area contributed by atoms with Crippen LogP contribution in [-0.2, 0) is 4.79 Å². The molecule has 0 saturated carbocycles. The topological polar surface area (TPSA) is 69.6 Å². The smallest absolute Gasteiger partial charge is 0.394 e. The first-order chi connectivity index (χ1) is 9.70. The van der Waals surface area contributed by atoms with Crippen LogP contribution in [0.5, 0.6) is 0 Å². The molecule has 0 aromatic carbocycles. The number of hydrogen-bond acceptors (Lipinski definition) is 3. The van der Waals surface area contributed by atoms with E-state index in [1.165, 1.54) is 11.8 Å². The van der Waals surface area contributed by atoms with Crippen molar-refractivity contribution in [2.75, 3.05) is 25.1 Å². The van der Waals surface area contributed by atoms with E-state index >= 15 is 0 Å². The van der Waals surface area contributed by atoms with Crippen molar-refractivity contribution in [1.29, 1.82) is 0 Å². The molecule has 0 aromatic heterocycles. The number of nitrogens with zero attached hydrogens (tertiary/aromatic N) is 1. The molecule has 1 unspecified atom stereocenters. The number of nitrogens with one attached hydrogen (secondary N) is 1. The van der Waals surface area contributed by atoms with Crippen molar-refractivity contribution in [3.63, 3.8) is 0 Å². The van der Waals surface area contributed by atoms with Gasteiger partial charge in [-0.3, -0.25) is 4.79 Å². The highest BCUT2D eigenvalue weighted by molar-refractivity contribution is 7.98. The molecule has 3 atom stereocenters. The predicted molar refractivity (Wildman–Crippen MR) is 73.2 cm³/mol. The number of urea groups is 1. The summed E-state index contributed by atoms with van der Waals surface area (Å²) < 4.78 is 38.5. The molecule has 1 aliphatic rings. The third-order valence-corrected chi connectivity index (χ3v) is 4.27. The fourth-order valence-corrected chi connectivity index (χ4v) is 3.00. The van der Waals surface area contributed by atoms with Gasteiger partial charge in [-0.25, -0.2) is 4.79 Å². The highest BCUT2D eigenvalue weighted by Gasteiger charge is 2.53. The van der Waals surface area contributed by atoms with Crippen molar-refractivity contribution >= 4 is 23.8 Å². The third kappa shape index (κ3) is 4.69. The predicted octanol–water partition coefficient (Wildman–Crippen LogP) is 2.03. The molecule has 0 bridgehead atoms. The normalized spacial score (nSPS) is 24.0. The maximum Gasteiger partial charge on any atom is 0.394 e. The third-order valence-electron chi connectivity index (χ3n) is 3.53. The summed E-state index contributed by atoms with van der Waals surface area (Å²) in [5.74, 6) is -4.48. The number of likely N-dealkylation sites (tertiary alicyclic amines) is 1. The molecule has 0 radical (unpaired) electrons. The van der Waals surface area contributed by atoms with Crippen LogP contribution in [0.2, 0.25) is 0 Å². The van der Waals surface area contributed by atoms with Gasteiger partial charge in [-0.05, 0) is 12.7 Å². The Bertz CT molecular complexity index is 392. The van der Waals surface area contributed by atoms with Gasteiger partial charge in [-0.15, -0.1) is 0 Å². The number of carboxylic acids is 1. The molecule has 1 heterocycles. The van der Waals surface area contributed by atoms with Crippen molar-refractivity contribution in [2.45, 2.75) is 25.6 Å². The van der Waals surface area contributed by atoms with E-state index in [2.05, 4.69) is 5.32 Å². The number of amides is 2. The van der Waals surface area contributed by atoms with Gasteiger partial charge in [-0.1, -0.05) is 6.92 Å². The average molecular weight is 328 g/mol. The number of carboxylic acid groups (broad SMARTS) is 1. The minimum Gasteiger partial charge on any atom is -0.481 e. The van der Waals surface area contributed by atoms with Crippen LogP contribution in [-0.4, -0.2) is 59.3 Å². The van der Waals surface area contributed by atoms with Crippen molar-refractivity contribution < 1.29 is 27.9 Å². The van der Waals surface area contributed by atoms with Gasteiger partial charge in [-0.2, -0.15) is 24.9 Å². The van der Waals surface area contributed by atoms with Gasteiger partial charge in [0.1, 0.15) is 0 Å². The second-order valence-corrected chi connectivity index (χ2v) is 5.92. The Hall–Kier alpha value is -1.12. The Balaban J connectivity index is 2.73. The van der Waals surface area contributed by atoms with Crippen LogP contribution in [0.4, 0.5) is 18.0 Å². The van der Waals surface area contributed by atoms with Crippen LogP contribution in [0.1, 0.15) is 13.3 Å². The Labute approximate surface area is 125 Å². The quantitative estimate of drug-likeness (QED) is 0.810. The number of hydrogen-bond donors (Lipinski definition) is 2. The molecule has 21 heavy (non-hydrogen) atoms. The molecule has 2 N–H and O–H groups in total. The standard InChI is InChI=1S/C12H19F3N2O3S/c1-3-7(6-21-2)16-11(20)17-4-8(10(18)19)9(5-17)12(13,14)15/h7-9H,3-6H2,1-2H3,(H,16,20)(H,18,19)/t7?,8-,9-/m1/s1. The number of rotatable bonds is 5. The first-order valence-corrected chi connectivity index (χ1v) is 7.94. The second-order valence-electron chi connectivity index (χ2n) is 5.01. The highest BCUT2D eigenvalue weighted by Crippen LogP contribution is 2.37. The zero-order chi connectivity index (χ0) is 16.2. The van der Waals surface area contributed by atoms with E-state index in [0.717, 1.165) is 4.90 Å². The van der Waals surface area contributed by atoms with Crippen molar-refractivity contribution in [2.24, 2.45) is 11.8 Å². The number of thioether (sulfide) groups is 1. The van der Waals surface area contributed by atoms with Crippen LogP contribution in [0.15, 0.2) is 0 Å². The van der Waals surface area contributed by atoms with Gasteiger partial charge in [0.05, 0.1) is 11.8 Å². The zero-order valence-electron chi connectivity index (χ0n) is 11.8. The summed E-state index contributed by atoms with van der Waals surface area (Å²) in [7, 11) is 0. The number of halogens is 3. The van der Waals surface area contributed by atoms with E-state index in [-0.39, 0.29) is 6.04 Å². The fourth-order valence-electron chi connectivity index (χ4n) is 2.28.